The zero-order valence-electron chi connectivity index (χ0n) is 18.1. The third kappa shape index (κ3) is 7.55. The molecule has 0 aliphatic rings. The first-order valence-electron chi connectivity index (χ1n) is 9.96. The number of hydrogen-bond donors (Lipinski definition) is 2. The zero-order valence-corrected chi connectivity index (χ0v) is 19.1. The maximum atomic E-state index is 12.4. The number of ether oxygens (including phenoxy) is 1. The van der Waals surface area contributed by atoms with Gasteiger partial charge in [-0.3, -0.25) is 0 Å². The van der Waals surface area contributed by atoms with Crippen LogP contribution in [-0.2, 0) is 22.2 Å². The Morgan fingerprint density at radius 2 is 1.66 bits per heavy atom. The molecular weight excluding hydrogens is 382 g/mol. The third-order valence-electron chi connectivity index (χ3n) is 5.40. The lowest BCUT2D eigenvalue weighted by Gasteiger charge is -2.37. The standard InChI is InChI=1S/C23H33NO4Si/c1-23(2,3)29(4,5)28-17-20(15-18-11-13-21(25)14-12-18)24-22(26)27-16-19-9-7-6-8-10-19/h6-14,20,25H,15-17H2,1-5H3,(H,24,26)/t20-/m0/s1. The molecule has 158 valence electrons. The van der Waals surface area contributed by atoms with Crippen molar-refractivity contribution in [1.82, 2.24) is 5.32 Å². The lowest BCUT2D eigenvalue weighted by Crippen LogP contribution is -2.47. The van der Waals surface area contributed by atoms with Crippen molar-refractivity contribution in [3.8, 4) is 5.75 Å². The van der Waals surface area contributed by atoms with Gasteiger partial charge >= 0.3 is 6.09 Å². The van der Waals surface area contributed by atoms with Crippen molar-refractivity contribution in [1.29, 1.82) is 0 Å². The number of rotatable bonds is 8. The van der Waals surface area contributed by atoms with Gasteiger partial charge in [-0.25, -0.2) is 4.79 Å². The van der Waals surface area contributed by atoms with Crippen molar-refractivity contribution in [3.63, 3.8) is 0 Å². The lowest BCUT2D eigenvalue weighted by molar-refractivity contribution is 0.129. The summed E-state index contributed by atoms with van der Waals surface area (Å²) in [6.07, 6.45) is 0.131. The van der Waals surface area contributed by atoms with E-state index in [4.69, 9.17) is 9.16 Å². The molecule has 0 unspecified atom stereocenters. The predicted octanol–water partition coefficient (Wildman–Crippen LogP) is 5.25. The van der Waals surface area contributed by atoms with Crippen molar-refractivity contribution in [3.05, 3.63) is 65.7 Å². The Morgan fingerprint density at radius 3 is 2.24 bits per heavy atom. The summed E-state index contributed by atoms with van der Waals surface area (Å²) in [5.41, 5.74) is 1.95. The molecule has 5 nitrogen and oxygen atoms in total. The Bertz CT molecular complexity index is 770. The highest BCUT2D eigenvalue weighted by atomic mass is 28.4. The lowest BCUT2D eigenvalue weighted by atomic mass is 10.1. The third-order valence-corrected chi connectivity index (χ3v) is 9.91. The molecule has 0 saturated carbocycles. The Hall–Kier alpha value is -2.31. The van der Waals surface area contributed by atoms with Gasteiger partial charge in [0.05, 0.1) is 12.6 Å². The number of phenolic OH excluding ortho intramolecular Hbond substituents is 1. The monoisotopic (exact) mass is 415 g/mol. The summed E-state index contributed by atoms with van der Waals surface area (Å²) in [6.45, 7) is 11.6. The summed E-state index contributed by atoms with van der Waals surface area (Å²) in [4.78, 5) is 12.4. The Morgan fingerprint density at radius 1 is 1.03 bits per heavy atom. The molecule has 2 aromatic rings. The first-order valence-corrected chi connectivity index (χ1v) is 12.9. The van der Waals surface area contributed by atoms with Gasteiger partial charge in [-0.1, -0.05) is 63.2 Å². The highest BCUT2D eigenvalue weighted by Gasteiger charge is 2.37. The number of hydrogen-bond acceptors (Lipinski definition) is 4. The molecule has 0 radical (unpaired) electrons. The maximum Gasteiger partial charge on any atom is 0.407 e. The number of carbonyl (C=O) groups excluding carboxylic acids is 1. The maximum absolute atomic E-state index is 12.4. The van der Waals surface area contributed by atoms with Crippen LogP contribution in [0.2, 0.25) is 18.1 Å². The van der Waals surface area contributed by atoms with Crippen LogP contribution < -0.4 is 5.32 Å². The summed E-state index contributed by atoms with van der Waals surface area (Å²) < 4.78 is 11.7. The van der Waals surface area contributed by atoms with E-state index in [1.54, 1.807) is 12.1 Å². The topological polar surface area (TPSA) is 67.8 Å². The van der Waals surface area contributed by atoms with E-state index in [9.17, 15) is 9.90 Å². The van der Waals surface area contributed by atoms with E-state index in [1.165, 1.54) is 0 Å². The fourth-order valence-corrected chi connectivity index (χ4v) is 3.58. The smallest absolute Gasteiger partial charge is 0.407 e. The first-order chi connectivity index (χ1) is 13.6. The molecule has 2 rings (SSSR count). The van der Waals surface area contributed by atoms with E-state index in [1.807, 2.05) is 42.5 Å². The Balaban J connectivity index is 2.00. The van der Waals surface area contributed by atoms with E-state index < -0.39 is 14.4 Å². The molecule has 0 heterocycles. The van der Waals surface area contributed by atoms with Crippen molar-refractivity contribution < 1.29 is 19.1 Å². The number of aromatic hydroxyl groups is 1. The molecule has 0 bridgehead atoms. The highest BCUT2D eigenvalue weighted by Crippen LogP contribution is 2.36. The van der Waals surface area contributed by atoms with Gasteiger partial charge < -0.3 is 19.6 Å². The molecule has 1 atom stereocenters. The number of phenols is 1. The number of alkyl carbamates (subject to hydrolysis) is 1. The van der Waals surface area contributed by atoms with Crippen LogP contribution in [0.15, 0.2) is 54.6 Å². The average Bonchev–Trinajstić information content (AvgIpc) is 2.66. The van der Waals surface area contributed by atoms with Crippen LogP contribution in [-0.4, -0.2) is 32.2 Å². The number of benzene rings is 2. The zero-order chi connectivity index (χ0) is 21.5. The fourth-order valence-electron chi connectivity index (χ4n) is 2.53. The fraction of sp³-hybridized carbons (Fsp3) is 0.435. The minimum Gasteiger partial charge on any atom is -0.508 e. The first kappa shape index (κ1) is 23.0. The average molecular weight is 416 g/mol. The van der Waals surface area contributed by atoms with Crippen LogP contribution in [0.25, 0.3) is 0 Å². The molecule has 6 heteroatoms. The SMILES string of the molecule is CC(C)(C)[Si](C)(C)OC[C@H](Cc1ccc(O)cc1)NC(=O)OCc1ccccc1. The van der Waals surface area contributed by atoms with Gasteiger partial charge in [0.25, 0.3) is 0 Å². The van der Waals surface area contributed by atoms with E-state index in [-0.39, 0.29) is 23.4 Å². The molecule has 1 amide bonds. The van der Waals surface area contributed by atoms with E-state index in [2.05, 4.69) is 39.2 Å². The normalized spacial score (nSPS) is 13.0. The van der Waals surface area contributed by atoms with Crippen molar-refractivity contribution >= 4 is 14.4 Å². The van der Waals surface area contributed by atoms with Gasteiger partial charge in [-0.05, 0) is 47.8 Å². The number of amides is 1. The molecule has 0 spiro atoms. The number of carbonyl (C=O) groups is 1. The minimum atomic E-state index is -1.95. The van der Waals surface area contributed by atoms with Gasteiger partial charge in [-0.2, -0.15) is 0 Å². The van der Waals surface area contributed by atoms with Crippen LogP contribution in [0.4, 0.5) is 4.79 Å². The second kappa shape index (κ2) is 9.94. The predicted molar refractivity (Wildman–Crippen MR) is 119 cm³/mol. The van der Waals surface area contributed by atoms with Gasteiger partial charge in [0.1, 0.15) is 12.4 Å². The van der Waals surface area contributed by atoms with Crippen LogP contribution in [0.1, 0.15) is 31.9 Å². The van der Waals surface area contributed by atoms with Crippen molar-refractivity contribution in [2.75, 3.05) is 6.61 Å². The minimum absolute atomic E-state index is 0.0872. The summed E-state index contributed by atoms with van der Waals surface area (Å²) in [5.74, 6) is 0.220. The van der Waals surface area contributed by atoms with Gasteiger partial charge in [0, 0.05) is 0 Å². The van der Waals surface area contributed by atoms with E-state index in [0.717, 1.165) is 11.1 Å². The van der Waals surface area contributed by atoms with Crippen LogP contribution >= 0.6 is 0 Å². The van der Waals surface area contributed by atoms with E-state index in [0.29, 0.717) is 13.0 Å². The molecule has 0 aliphatic heterocycles. The van der Waals surface area contributed by atoms with Crippen molar-refractivity contribution in [2.45, 2.75) is 58.0 Å². The summed E-state index contributed by atoms with van der Waals surface area (Å²) in [6, 6.07) is 16.4. The highest BCUT2D eigenvalue weighted by molar-refractivity contribution is 6.74. The quantitative estimate of drug-likeness (QED) is 0.578. The molecule has 2 N–H and O–H groups in total. The molecule has 2 aromatic carbocycles. The van der Waals surface area contributed by atoms with Crippen LogP contribution in [0, 0.1) is 0 Å². The number of nitrogens with one attached hydrogen (secondary N) is 1. The van der Waals surface area contributed by atoms with Crippen LogP contribution in [0.3, 0.4) is 0 Å². The van der Waals surface area contributed by atoms with Gasteiger partial charge in [0.15, 0.2) is 8.32 Å². The van der Waals surface area contributed by atoms with E-state index >= 15 is 0 Å². The van der Waals surface area contributed by atoms with Gasteiger partial charge in [0.2, 0.25) is 0 Å². The largest absolute Gasteiger partial charge is 0.508 e. The Kier molecular flexibility index (Phi) is 7.87. The molecule has 29 heavy (non-hydrogen) atoms. The molecule has 0 saturated heterocycles. The molecular formula is C23H33NO4Si. The second-order valence-electron chi connectivity index (χ2n) is 8.84. The van der Waals surface area contributed by atoms with Crippen molar-refractivity contribution in [2.24, 2.45) is 0 Å². The molecule has 0 fully saturated rings. The summed E-state index contributed by atoms with van der Waals surface area (Å²) >= 11 is 0. The second-order valence-corrected chi connectivity index (χ2v) is 13.7. The Labute approximate surface area is 175 Å². The molecule has 0 aromatic heterocycles. The summed E-state index contributed by atoms with van der Waals surface area (Å²) in [7, 11) is -1.95. The van der Waals surface area contributed by atoms with Crippen LogP contribution in [0.5, 0.6) is 5.75 Å². The van der Waals surface area contributed by atoms with Gasteiger partial charge in [-0.15, -0.1) is 0 Å². The summed E-state index contributed by atoms with van der Waals surface area (Å²) in [5, 5.41) is 12.5. The molecule has 0 aliphatic carbocycles.